The molecule has 1 aromatic heterocycles. The number of carbonyl (C=O) groups excluding carboxylic acids is 1. The Hall–Kier alpha value is -1.14. The first kappa shape index (κ1) is 5.99. The summed E-state index contributed by atoms with van der Waals surface area (Å²) in [6.07, 6.45) is 0.690. The molecule has 2 nitrogen and oxygen atoms in total. The van der Waals surface area contributed by atoms with E-state index in [-0.39, 0.29) is 0 Å². The molecule has 0 unspecified atom stereocenters. The van der Waals surface area contributed by atoms with Gasteiger partial charge in [0.15, 0.2) is 6.29 Å². The van der Waals surface area contributed by atoms with Gasteiger partial charge < -0.3 is 0 Å². The van der Waals surface area contributed by atoms with E-state index in [1.54, 1.807) is 10.8 Å². The van der Waals surface area contributed by atoms with Gasteiger partial charge in [-0.2, -0.15) is 16.6 Å². The van der Waals surface area contributed by atoms with E-state index >= 15 is 0 Å². The molecule has 1 rings (SSSR count). The summed E-state index contributed by atoms with van der Waals surface area (Å²) in [5.41, 5.74) is 0.956. The molecule has 0 atom stereocenters. The van der Waals surface area contributed by atoms with Crippen molar-refractivity contribution in [3.8, 4) is 6.07 Å². The minimum Gasteiger partial charge on any atom is -0.298 e. The van der Waals surface area contributed by atoms with Crippen molar-refractivity contribution in [1.29, 1.82) is 5.26 Å². The zero-order valence-corrected chi connectivity index (χ0v) is 5.31. The van der Waals surface area contributed by atoms with E-state index < -0.39 is 0 Å². The van der Waals surface area contributed by atoms with Crippen molar-refractivity contribution in [3.63, 3.8) is 0 Å². The van der Waals surface area contributed by atoms with Crippen LogP contribution >= 0.6 is 11.3 Å². The Bertz CT molecular complexity index is 258. The molecule has 0 bridgehead atoms. The van der Waals surface area contributed by atoms with Crippen LogP contribution in [0, 0.1) is 11.3 Å². The number of thiophene rings is 1. The molecule has 1 heterocycles. The Morgan fingerprint density at radius 3 is 2.89 bits per heavy atom. The summed E-state index contributed by atoms with van der Waals surface area (Å²) in [6, 6.07) is 1.91. The molecule has 3 heteroatoms. The second-order valence-electron chi connectivity index (χ2n) is 1.47. The van der Waals surface area contributed by atoms with Crippen LogP contribution in [0.3, 0.4) is 0 Å². The molecule has 0 aromatic carbocycles. The van der Waals surface area contributed by atoms with Crippen molar-refractivity contribution in [2.24, 2.45) is 0 Å². The highest BCUT2D eigenvalue weighted by molar-refractivity contribution is 7.08. The number of hydrogen-bond donors (Lipinski definition) is 0. The van der Waals surface area contributed by atoms with Crippen molar-refractivity contribution < 1.29 is 4.79 Å². The predicted molar refractivity (Wildman–Crippen MR) is 34.4 cm³/mol. The monoisotopic (exact) mass is 137 g/mol. The number of hydrogen-bond acceptors (Lipinski definition) is 3. The van der Waals surface area contributed by atoms with Crippen LogP contribution < -0.4 is 0 Å². The Balaban J connectivity index is 3.17. The number of carbonyl (C=O) groups is 1. The normalized spacial score (nSPS) is 8.33. The van der Waals surface area contributed by atoms with Gasteiger partial charge in [0.1, 0.15) is 6.07 Å². The van der Waals surface area contributed by atoms with Crippen LogP contribution in [0.25, 0.3) is 0 Å². The number of nitrogens with zero attached hydrogens (tertiary/aromatic N) is 1. The summed E-state index contributed by atoms with van der Waals surface area (Å²) in [6.45, 7) is 0. The van der Waals surface area contributed by atoms with Gasteiger partial charge in [-0.05, 0) is 0 Å². The lowest BCUT2D eigenvalue weighted by molar-refractivity contribution is 0.112. The fourth-order valence-corrected chi connectivity index (χ4v) is 1.21. The second-order valence-corrected chi connectivity index (χ2v) is 2.21. The standard InChI is InChI=1S/C6H3NOS/c7-1-5-3-9-4-6(5)2-8/h2-4H. The Morgan fingerprint density at radius 1 is 1.67 bits per heavy atom. The molecule has 0 aliphatic carbocycles. The van der Waals surface area contributed by atoms with Crippen LogP contribution in [0.5, 0.6) is 0 Å². The maximum Gasteiger partial charge on any atom is 0.152 e. The van der Waals surface area contributed by atoms with Gasteiger partial charge in [-0.1, -0.05) is 0 Å². The van der Waals surface area contributed by atoms with E-state index in [0.717, 1.165) is 0 Å². The number of aldehydes is 1. The lowest BCUT2D eigenvalue weighted by atomic mass is 10.2. The fraction of sp³-hybridized carbons (Fsp3) is 0. The molecule has 9 heavy (non-hydrogen) atoms. The molecule has 0 aliphatic rings. The first-order valence-corrected chi connectivity index (χ1v) is 3.24. The van der Waals surface area contributed by atoms with Gasteiger partial charge in [-0.25, -0.2) is 0 Å². The minimum absolute atomic E-state index is 0.468. The summed E-state index contributed by atoms with van der Waals surface area (Å²) < 4.78 is 0. The molecule has 0 spiro atoms. The van der Waals surface area contributed by atoms with Gasteiger partial charge in [-0.15, -0.1) is 0 Å². The molecule has 44 valence electrons. The van der Waals surface area contributed by atoms with Gasteiger partial charge in [-0.3, -0.25) is 4.79 Å². The van der Waals surface area contributed by atoms with Gasteiger partial charge in [0, 0.05) is 16.3 Å². The summed E-state index contributed by atoms with van der Waals surface area (Å²) in [4.78, 5) is 10.1. The van der Waals surface area contributed by atoms with Crippen LogP contribution in [0.1, 0.15) is 15.9 Å². The zero-order valence-electron chi connectivity index (χ0n) is 4.50. The third-order valence-electron chi connectivity index (χ3n) is 0.939. The average molecular weight is 137 g/mol. The topological polar surface area (TPSA) is 40.9 Å². The first-order chi connectivity index (χ1) is 4.38. The van der Waals surface area contributed by atoms with Crippen LogP contribution in [0.15, 0.2) is 10.8 Å². The predicted octanol–water partition coefficient (Wildman–Crippen LogP) is 1.43. The maximum absolute atomic E-state index is 10.1. The Kier molecular flexibility index (Phi) is 1.61. The van der Waals surface area contributed by atoms with Crippen molar-refractivity contribution in [2.75, 3.05) is 0 Å². The van der Waals surface area contributed by atoms with Crippen LogP contribution in [-0.2, 0) is 0 Å². The second kappa shape index (κ2) is 2.42. The van der Waals surface area contributed by atoms with E-state index in [1.165, 1.54) is 11.3 Å². The number of rotatable bonds is 1. The zero-order chi connectivity index (χ0) is 6.69. The molecule has 0 N–H and O–H groups in total. The van der Waals surface area contributed by atoms with E-state index in [1.807, 2.05) is 6.07 Å². The van der Waals surface area contributed by atoms with E-state index in [2.05, 4.69) is 0 Å². The van der Waals surface area contributed by atoms with Gasteiger partial charge in [0.05, 0.1) is 5.56 Å². The molecule has 0 radical (unpaired) electrons. The highest BCUT2D eigenvalue weighted by atomic mass is 32.1. The molecule has 0 fully saturated rings. The van der Waals surface area contributed by atoms with Crippen molar-refractivity contribution in [3.05, 3.63) is 21.9 Å². The summed E-state index contributed by atoms with van der Waals surface area (Å²) >= 11 is 1.36. The highest BCUT2D eigenvalue weighted by Crippen LogP contribution is 2.10. The van der Waals surface area contributed by atoms with Crippen LogP contribution in [0.2, 0.25) is 0 Å². The summed E-state index contributed by atoms with van der Waals surface area (Å²) in [7, 11) is 0. The molecular formula is C6H3NOS. The average Bonchev–Trinajstić information content (AvgIpc) is 2.33. The van der Waals surface area contributed by atoms with E-state index in [4.69, 9.17) is 5.26 Å². The van der Waals surface area contributed by atoms with E-state index in [9.17, 15) is 4.79 Å². The van der Waals surface area contributed by atoms with Crippen molar-refractivity contribution >= 4 is 17.6 Å². The molecule has 1 aromatic rings. The summed E-state index contributed by atoms with van der Waals surface area (Å²) in [5, 5.41) is 11.7. The largest absolute Gasteiger partial charge is 0.298 e. The quantitative estimate of drug-likeness (QED) is 0.549. The first-order valence-electron chi connectivity index (χ1n) is 2.30. The van der Waals surface area contributed by atoms with Crippen molar-refractivity contribution in [2.45, 2.75) is 0 Å². The Labute approximate surface area is 56.4 Å². The molecule has 0 saturated carbocycles. The minimum atomic E-state index is 0.468. The van der Waals surface area contributed by atoms with Gasteiger partial charge in [0.25, 0.3) is 0 Å². The van der Waals surface area contributed by atoms with Gasteiger partial charge >= 0.3 is 0 Å². The lowest BCUT2D eigenvalue weighted by Crippen LogP contribution is -1.76. The molecule has 0 saturated heterocycles. The van der Waals surface area contributed by atoms with Crippen molar-refractivity contribution in [1.82, 2.24) is 0 Å². The lowest BCUT2D eigenvalue weighted by Gasteiger charge is -1.76. The maximum atomic E-state index is 10.1. The number of nitriles is 1. The van der Waals surface area contributed by atoms with E-state index in [0.29, 0.717) is 17.4 Å². The fourth-order valence-electron chi connectivity index (χ4n) is 0.489. The summed E-state index contributed by atoms with van der Waals surface area (Å²) in [5.74, 6) is 0. The third-order valence-corrected chi connectivity index (χ3v) is 1.70. The Morgan fingerprint density at radius 2 is 2.44 bits per heavy atom. The molecular weight excluding hydrogens is 134 g/mol. The highest BCUT2D eigenvalue weighted by Gasteiger charge is 1.98. The molecule has 0 amide bonds. The SMILES string of the molecule is N#Cc1cscc1C=O. The smallest absolute Gasteiger partial charge is 0.152 e. The molecule has 0 aliphatic heterocycles. The van der Waals surface area contributed by atoms with Crippen LogP contribution in [-0.4, -0.2) is 6.29 Å². The third kappa shape index (κ3) is 0.980. The van der Waals surface area contributed by atoms with Gasteiger partial charge in [0.2, 0.25) is 0 Å². The van der Waals surface area contributed by atoms with Crippen LogP contribution in [0.4, 0.5) is 0 Å².